The molecule has 0 aromatic carbocycles. The molecule has 1 saturated heterocycles. The fourth-order valence-electron chi connectivity index (χ4n) is 2.50. The highest BCUT2D eigenvalue weighted by Gasteiger charge is 2.34. The minimum Gasteiger partial charge on any atom is -0.480 e. The van der Waals surface area contributed by atoms with E-state index in [1.807, 2.05) is 6.07 Å². The van der Waals surface area contributed by atoms with Crippen LogP contribution < -0.4 is 0 Å². The van der Waals surface area contributed by atoms with Crippen molar-refractivity contribution in [3.05, 3.63) is 42.5 Å². The second-order valence-corrected chi connectivity index (χ2v) is 4.88. The van der Waals surface area contributed by atoms with E-state index in [-0.39, 0.29) is 5.91 Å². The Morgan fingerprint density at radius 2 is 2.19 bits per heavy atom. The zero-order valence-electron chi connectivity index (χ0n) is 11.2. The van der Waals surface area contributed by atoms with E-state index in [2.05, 4.69) is 10.1 Å². The molecule has 2 aromatic rings. The first-order valence-electron chi connectivity index (χ1n) is 6.65. The van der Waals surface area contributed by atoms with E-state index in [1.54, 1.807) is 29.3 Å². The van der Waals surface area contributed by atoms with Gasteiger partial charge in [-0.1, -0.05) is 0 Å². The number of pyridine rings is 1. The number of carboxylic acids is 1. The summed E-state index contributed by atoms with van der Waals surface area (Å²) in [6, 6.07) is 2.86. The first kappa shape index (κ1) is 13.3. The van der Waals surface area contributed by atoms with E-state index >= 15 is 0 Å². The van der Waals surface area contributed by atoms with Crippen LogP contribution in [-0.2, 0) is 4.79 Å². The standard InChI is InChI=1S/C14H14N4O3/c19-13(17-6-2-4-12(17)14(20)21)10-7-16-18(9-10)11-3-1-5-15-8-11/h1,3,5,7-9,12H,2,4,6H2,(H,20,21)/t12-/m1/s1. The molecular formula is C14H14N4O3. The first-order valence-corrected chi connectivity index (χ1v) is 6.65. The Hall–Kier alpha value is -2.70. The van der Waals surface area contributed by atoms with Crippen LogP contribution in [0.2, 0.25) is 0 Å². The molecule has 1 N–H and O–H groups in total. The quantitative estimate of drug-likeness (QED) is 0.907. The molecule has 0 unspecified atom stereocenters. The summed E-state index contributed by atoms with van der Waals surface area (Å²) in [4.78, 5) is 28.9. The van der Waals surface area contributed by atoms with Gasteiger partial charge in [0, 0.05) is 18.9 Å². The van der Waals surface area contributed by atoms with Crippen LogP contribution >= 0.6 is 0 Å². The maximum Gasteiger partial charge on any atom is 0.326 e. The zero-order chi connectivity index (χ0) is 14.8. The van der Waals surface area contributed by atoms with Crippen molar-refractivity contribution in [2.24, 2.45) is 0 Å². The minimum absolute atomic E-state index is 0.296. The van der Waals surface area contributed by atoms with Crippen LogP contribution in [0.5, 0.6) is 0 Å². The van der Waals surface area contributed by atoms with Gasteiger partial charge in [0.1, 0.15) is 6.04 Å². The van der Waals surface area contributed by atoms with Crippen molar-refractivity contribution in [1.82, 2.24) is 19.7 Å². The zero-order valence-corrected chi connectivity index (χ0v) is 11.2. The number of carboxylic acid groups (broad SMARTS) is 1. The van der Waals surface area contributed by atoms with E-state index < -0.39 is 12.0 Å². The fraction of sp³-hybridized carbons (Fsp3) is 0.286. The Labute approximate surface area is 120 Å². The highest BCUT2D eigenvalue weighted by Crippen LogP contribution is 2.20. The monoisotopic (exact) mass is 286 g/mol. The van der Waals surface area contributed by atoms with Crippen LogP contribution in [0.25, 0.3) is 5.69 Å². The second kappa shape index (κ2) is 5.35. The molecule has 1 atom stereocenters. The van der Waals surface area contributed by atoms with Gasteiger partial charge in [-0.25, -0.2) is 9.48 Å². The summed E-state index contributed by atoms with van der Waals surface area (Å²) in [6.45, 7) is 0.466. The molecule has 1 fully saturated rings. The average Bonchev–Trinajstić information content (AvgIpc) is 3.17. The molecule has 0 radical (unpaired) electrons. The third-order valence-electron chi connectivity index (χ3n) is 3.54. The number of carbonyl (C=O) groups excluding carboxylic acids is 1. The topological polar surface area (TPSA) is 88.3 Å². The molecule has 0 spiro atoms. The smallest absolute Gasteiger partial charge is 0.326 e. The SMILES string of the molecule is O=C(O)[C@H]1CCCN1C(=O)c1cnn(-c2cccnc2)c1. The third kappa shape index (κ3) is 2.49. The van der Waals surface area contributed by atoms with Crippen molar-refractivity contribution in [1.29, 1.82) is 0 Å². The van der Waals surface area contributed by atoms with E-state index in [1.165, 1.54) is 11.1 Å². The molecule has 0 saturated carbocycles. The maximum atomic E-state index is 12.4. The molecular weight excluding hydrogens is 272 g/mol. The largest absolute Gasteiger partial charge is 0.480 e. The van der Waals surface area contributed by atoms with Crippen LogP contribution in [0, 0.1) is 0 Å². The summed E-state index contributed by atoms with van der Waals surface area (Å²) >= 11 is 0. The second-order valence-electron chi connectivity index (χ2n) is 4.88. The van der Waals surface area contributed by atoms with Crippen molar-refractivity contribution >= 4 is 11.9 Å². The number of hydrogen-bond donors (Lipinski definition) is 1. The van der Waals surface area contributed by atoms with Crippen molar-refractivity contribution in [3.63, 3.8) is 0 Å². The van der Waals surface area contributed by atoms with Crippen molar-refractivity contribution in [3.8, 4) is 5.69 Å². The van der Waals surface area contributed by atoms with Gasteiger partial charge < -0.3 is 10.0 Å². The van der Waals surface area contributed by atoms with Crippen LogP contribution in [0.1, 0.15) is 23.2 Å². The molecule has 7 heteroatoms. The van der Waals surface area contributed by atoms with Gasteiger partial charge in [0.05, 0.1) is 23.6 Å². The summed E-state index contributed by atoms with van der Waals surface area (Å²) in [5.74, 6) is -1.25. The Kier molecular flexibility index (Phi) is 3.39. The highest BCUT2D eigenvalue weighted by atomic mass is 16.4. The Balaban J connectivity index is 1.83. The van der Waals surface area contributed by atoms with E-state index in [0.717, 1.165) is 5.69 Å². The summed E-state index contributed by atoms with van der Waals surface area (Å²) in [5, 5.41) is 13.3. The number of amides is 1. The van der Waals surface area contributed by atoms with Crippen LogP contribution in [0.3, 0.4) is 0 Å². The predicted octanol–water partition coefficient (Wildman–Crippen LogP) is 0.956. The van der Waals surface area contributed by atoms with Gasteiger partial charge in [0.15, 0.2) is 0 Å². The van der Waals surface area contributed by atoms with Gasteiger partial charge in [0.2, 0.25) is 0 Å². The minimum atomic E-state index is -0.958. The van der Waals surface area contributed by atoms with Gasteiger partial charge >= 0.3 is 5.97 Å². The lowest BCUT2D eigenvalue weighted by Gasteiger charge is -2.20. The number of nitrogens with zero attached hydrogens (tertiary/aromatic N) is 4. The lowest BCUT2D eigenvalue weighted by Crippen LogP contribution is -2.40. The molecule has 2 aromatic heterocycles. The number of likely N-dealkylation sites (tertiary alicyclic amines) is 1. The molecule has 0 aliphatic carbocycles. The molecule has 108 valence electrons. The van der Waals surface area contributed by atoms with Gasteiger partial charge in [-0.05, 0) is 25.0 Å². The van der Waals surface area contributed by atoms with Gasteiger partial charge in [-0.3, -0.25) is 9.78 Å². The lowest BCUT2D eigenvalue weighted by atomic mass is 10.2. The van der Waals surface area contributed by atoms with Crippen LogP contribution in [0.4, 0.5) is 0 Å². The molecule has 1 amide bonds. The summed E-state index contributed by atoms with van der Waals surface area (Å²) in [5.41, 5.74) is 1.12. The van der Waals surface area contributed by atoms with Crippen LogP contribution in [0.15, 0.2) is 36.9 Å². The van der Waals surface area contributed by atoms with Crippen LogP contribution in [-0.4, -0.2) is 49.2 Å². The fourth-order valence-corrected chi connectivity index (χ4v) is 2.50. The maximum absolute atomic E-state index is 12.4. The van der Waals surface area contributed by atoms with Gasteiger partial charge in [-0.15, -0.1) is 0 Å². The molecule has 3 rings (SSSR count). The molecule has 1 aliphatic rings. The van der Waals surface area contributed by atoms with Crippen molar-refractivity contribution < 1.29 is 14.7 Å². The summed E-state index contributed by atoms with van der Waals surface area (Å²) in [6.07, 6.45) is 7.54. The molecule has 0 bridgehead atoms. The van der Waals surface area contributed by atoms with Gasteiger partial charge in [-0.2, -0.15) is 5.10 Å². The Morgan fingerprint density at radius 1 is 1.33 bits per heavy atom. The molecule has 3 heterocycles. The normalized spacial score (nSPS) is 17.9. The number of hydrogen-bond acceptors (Lipinski definition) is 4. The lowest BCUT2D eigenvalue weighted by molar-refractivity contribution is -0.141. The van der Waals surface area contributed by atoms with E-state index in [9.17, 15) is 9.59 Å². The third-order valence-corrected chi connectivity index (χ3v) is 3.54. The molecule has 21 heavy (non-hydrogen) atoms. The summed E-state index contributed by atoms with van der Waals surface area (Å²) < 4.78 is 1.55. The van der Waals surface area contributed by atoms with E-state index in [4.69, 9.17) is 5.11 Å². The number of aromatic nitrogens is 3. The Morgan fingerprint density at radius 3 is 2.90 bits per heavy atom. The number of aliphatic carboxylic acids is 1. The van der Waals surface area contributed by atoms with E-state index in [0.29, 0.717) is 24.9 Å². The number of rotatable bonds is 3. The highest BCUT2D eigenvalue weighted by molar-refractivity contribution is 5.96. The number of carbonyl (C=O) groups is 2. The van der Waals surface area contributed by atoms with Crippen molar-refractivity contribution in [2.75, 3.05) is 6.54 Å². The van der Waals surface area contributed by atoms with Crippen molar-refractivity contribution in [2.45, 2.75) is 18.9 Å². The average molecular weight is 286 g/mol. The first-order chi connectivity index (χ1) is 10.2. The Bertz CT molecular complexity index is 668. The summed E-state index contributed by atoms with van der Waals surface area (Å²) in [7, 11) is 0. The van der Waals surface area contributed by atoms with Gasteiger partial charge in [0.25, 0.3) is 5.91 Å². The molecule has 7 nitrogen and oxygen atoms in total. The molecule has 1 aliphatic heterocycles. The predicted molar refractivity (Wildman–Crippen MR) is 73.1 cm³/mol.